The Hall–Kier alpha value is -3.05. The van der Waals surface area contributed by atoms with Crippen molar-refractivity contribution in [3.63, 3.8) is 0 Å². The molecule has 0 radical (unpaired) electrons. The molecule has 1 saturated heterocycles. The van der Waals surface area contributed by atoms with Gasteiger partial charge in [0, 0.05) is 19.0 Å². The zero-order chi connectivity index (χ0) is 21.8. The van der Waals surface area contributed by atoms with Crippen molar-refractivity contribution < 1.29 is 22.4 Å². The lowest BCUT2D eigenvalue weighted by Crippen LogP contribution is -2.41. The highest BCUT2D eigenvalue weighted by Gasteiger charge is 2.29. The average Bonchev–Trinajstić information content (AvgIpc) is 3.46. The number of nitrogens with zero attached hydrogens (tertiary/aromatic N) is 3. The molecule has 4 rings (SSSR count). The highest BCUT2D eigenvalue weighted by molar-refractivity contribution is 7.90. The first-order valence-corrected chi connectivity index (χ1v) is 12.1. The van der Waals surface area contributed by atoms with Gasteiger partial charge >= 0.3 is 0 Å². The molecule has 1 aliphatic rings. The molecular formula is C20H20N4O5S2. The smallest absolute Gasteiger partial charge is 0.289 e. The first kappa shape index (κ1) is 21.2. The van der Waals surface area contributed by atoms with Gasteiger partial charge in [0.2, 0.25) is 11.0 Å². The Kier molecular flexibility index (Phi) is 6.14. The number of amides is 2. The minimum Gasteiger partial charge on any atom is -0.459 e. The summed E-state index contributed by atoms with van der Waals surface area (Å²) in [6.07, 6.45) is 2.49. The summed E-state index contributed by atoms with van der Waals surface area (Å²) in [5.74, 6) is -0.649. The van der Waals surface area contributed by atoms with E-state index in [2.05, 4.69) is 15.5 Å². The largest absolute Gasteiger partial charge is 0.459 e. The van der Waals surface area contributed by atoms with Crippen LogP contribution in [0, 0.1) is 5.92 Å². The maximum atomic E-state index is 12.6. The maximum Gasteiger partial charge on any atom is 0.289 e. The highest BCUT2D eigenvalue weighted by atomic mass is 32.2. The number of piperidine rings is 1. The van der Waals surface area contributed by atoms with Gasteiger partial charge in [0.1, 0.15) is 10.8 Å². The second-order valence-corrected chi connectivity index (χ2v) is 10.2. The van der Waals surface area contributed by atoms with E-state index < -0.39 is 9.84 Å². The number of benzene rings is 1. The van der Waals surface area contributed by atoms with Crippen molar-refractivity contribution in [3.05, 3.63) is 59.5 Å². The number of rotatable bonds is 6. The molecule has 2 aromatic heterocycles. The number of hydrogen-bond acceptors (Lipinski definition) is 8. The van der Waals surface area contributed by atoms with E-state index in [0.29, 0.717) is 30.9 Å². The van der Waals surface area contributed by atoms with Crippen LogP contribution in [0.2, 0.25) is 0 Å². The Morgan fingerprint density at radius 2 is 1.84 bits per heavy atom. The van der Waals surface area contributed by atoms with Crippen molar-refractivity contribution in [2.24, 2.45) is 5.92 Å². The van der Waals surface area contributed by atoms with E-state index in [4.69, 9.17) is 4.42 Å². The second kappa shape index (κ2) is 8.98. The predicted molar refractivity (Wildman–Crippen MR) is 113 cm³/mol. The molecule has 9 nitrogen and oxygen atoms in total. The summed E-state index contributed by atoms with van der Waals surface area (Å²) in [7, 11) is -3.53. The molecule has 0 atom stereocenters. The number of nitrogens with one attached hydrogen (secondary N) is 1. The first-order valence-electron chi connectivity index (χ1n) is 9.66. The van der Waals surface area contributed by atoms with E-state index in [-0.39, 0.29) is 39.3 Å². The van der Waals surface area contributed by atoms with E-state index >= 15 is 0 Å². The molecule has 1 fully saturated rings. The molecular weight excluding hydrogens is 440 g/mol. The molecule has 0 bridgehead atoms. The van der Waals surface area contributed by atoms with Crippen LogP contribution in [0.1, 0.15) is 28.4 Å². The van der Waals surface area contributed by atoms with Gasteiger partial charge in [-0.1, -0.05) is 29.5 Å². The first-order chi connectivity index (χ1) is 14.9. The Balaban J connectivity index is 1.31. The highest BCUT2D eigenvalue weighted by Crippen LogP contribution is 2.24. The Labute approximate surface area is 183 Å². The van der Waals surface area contributed by atoms with Gasteiger partial charge in [0.05, 0.1) is 11.2 Å². The van der Waals surface area contributed by atoms with Crippen molar-refractivity contribution in [2.45, 2.75) is 23.5 Å². The summed E-state index contributed by atoms with van der Waals surface area (Å²) in [6, 6.07) is 11.4. The van der Waals surface area contributed by atoms with Crippen LogP contribution in [0.25, 0.3) is 0 Å². The molecule has 0 aliphatic carbocycles. The summed E-state index contributed by atoms with van der Waals surface area (Å²) in [4.78, 5) is 26.8. The number of aromatic nitrogens is 2. The second-order valence-electron chi connectivity index (χ2n) is 7.11. The average molecular weight is 461 g/mol. The molecule has 0 saturated carbocycles. The predicted octanol–water partition coefficient (Wildman–Crippen LogP) is 2.60. The summed E-state index contributed by atoms with van der Waals surface area (Å²) < 4.78 is 30.1. The van der Waals surface area contributed by atoms with Crippen LogP contribution < -0.4 is 5.32 Å². The standard InChI is InChI=1S/C20H20N4O5S2/c25-18(14-8-10-24(11-9-14)19(26)16-7-4-12-29-16)21-20-23-22-17(30-20)13-31(27,28)15-5-2-1-3-6-15/h1-7,12,14H,8-11,13H2,(H,21,23,25). The third kappa shape index (κ3) is 5.00. The third-order valence-corrected chi connectivity index (χ3v) is 7.66. The fourth-order valence-electron chi connectivity index (χ4n) is 3.34. The number of hydrogen-bond donors (Lipinski definition) is 1. The number of sulfone groups is 1. The number of furan rings is 1. The summed E-state index contributed by atoms with van der Waals surface area (Å²) in [5, 5.41) is 11.1. The van der Waals surface area contributed by atoms with E-state index in [9.17, 15) is 18.0 Å². The molecule has 11 heteroatoms. The minimum atomic E-state index is -3.53. The lowest BCUT2D eigenvalue weighted by Gasteiger charge is -2.30. The molecule has 0 unspecified atom stereocenters. The minimum absolute atomic E-state index is 0.183. The third-order valence-electron chi connectivity index (χ3n) is 5.00. The molecule has 1 N–H and O–H groups in total. The maximum absolute atomic E-state index is 12.6. The normalized spacial score (nSPS) is 15.0. The van der Waals surface area contributed by atoms with Crippen molar-refractivity contribution in [3.8, 4) is 0 Å². The zero-order valence-electron chi connectivity index (χ0n) is 16.4. The number of carbonyl (C=O) groups is 2. The SMILES string of the molecule is O=C(Nc1nnc(CS(=O)(=O)c2ccccc2)s1)C1CCN(C(=O)c2ccco2)CC1. The van der Waals surface area contributed by atoms with E-state index in [1.807, 2.05) is 0 Å². The van der Waals surface area contributed by atoms with Crippen LogP contribution in [-0.4, -0.2) is 48.4 Å². The van der Waals surface area contributed by atoms with Crippen LogP contribution in [-0.2, 0) is 20.4 Å². The van der Waals surface area contributed by atoms with Crippen molar-refractivity contribution in [1.82, 2.24) is 15.1 Å². The lowest BCUT2D eigenvalue weighted by atomic mass is 9.96. The van der Waals surface area contributed by atoms with Crippen LogP contribution in [0.5, 0.6) is 0 Å². The Morgan fingerprint density at radius 3 is 2.52 bits per heavy atom. The van der Waals surface area contributed by atoms with Crippen molar-refractivity contribution in [2.75, 3.05) is 18.4 Å². The molecule has 1 aliphatic heterocycles. The molecule has 3 aromatic rings. The Morgan fingerprint density at radius 1 is 1.10 bits per heavy atom. The molecule has 1 aromatic carbocycles. The fourth-order valence-corrected chi connectivity index (χ4v) is 5.71. The van der Waals surface area contributed by atoms with E-state index in [1.54, 1.807) is 35.2 Å². The van der Waals surface area contributed by atoms with E-state index in [1.165, 1.54) is 18.4 Å². The molecule has 162 valence electrons. The lowest BCUT2D eigenvalue weighted by molar-refractivity contribution is -0.121. The van der Waals surface area contributed by atoms with Gasteiger partial charge in [-0.2, -0.15) is 0 Å². The Bertz CT molecular complexity index is 1150. The van der Waals surface area contributed by atoms with Gasteiger partial charge in [-0.05, 0) is 37.1 Å². The topological polar surface area (TPSA) is 122 Å². The zero-order valence-corrected chi connectivity index (χ0v) is 18.1. The van der Waals surface area contributed by atoms with Gasteiger partial charge in [-0.15, -0.1) is 10.2 Å². The van der Waals surface area contributed by atoms with Gasteiger partial charge in [-0.25, -0.2) is 8.42 Å². The van der Waals surface area contributed by atoms with Crippen molar-refractivity contribution >= 4 is 38.1 Å². The molecule has 3 heterocycles. The monoisotopic (exact) mass is 460 g/mol. The van der Waals surface area contributed by atoms with Gasteiger partial charge < -0.3 is 14.6 Å². The molecule has 0 spiro atoms. The van der Waals surface area contributed by atoms with Gasteiger partial charge in [0.25, 0.3) is 5.91 Å². The van der Waals surface area contributed by atoms with Gasteiger partial charge in [-0.3, -0.25) is 9.59 Å². The summed E-state index contributed by atoms with van der Waals surface area (Å²) in [6.45, 7) is 0.905. The number of carbonyl (C=O) groups excluding carboxylic acids is 2. The number of anilines is 1. The molecule has 2 amide bonds. The van der Waals surface area contributed by atoms with Crippen LogP contribution in [0.15, 0.2) is 58.0 Å². The van der Waals surface area contributed by atoms with Gasteiger partial charge in [0.15, 0.2) is 15.6 Å². The summed E-state index contributed by atoms with van der Waals surface area (Å²) >= 11 is 1.04. The summed E-state index contributed by atoms with van der Waals surface area (Å²) in [5.41, 5.74) is 0. The van der Waals surface area contributed by atoms with E-state index in [0.717, 1.165) is 11.3 Å². The van der Waals surface area contributed by atoms with Crippen LogP contribution in [0.3, 0.4) is 0 Å². The molecule has 31 heavy (non-hydrogen) atoms. The quantitative estimate of drug-likeness (QED) is 0.600. The van der Waals surface area contributed by atoms with Crippen molar-refractivity contribution in [1.29, 1.82) is 0 Å². The number of likely N-dealkylation sites (tertiary alicyclic amines) is 1. The van der Waals surface area contributed by atoms with Crippen LogP contribution >= 0.6 is 11.3 Å². The van der Waals surface area contributed by atoms with Crippen LogP contribution in [0.4, 0.5) is 5.13 Å². The fraction of sp³-hybridized carbons (Fsp3) is 0.300.